The van der Waals surface area contributed by atoms with Crippen LogP contribution in [0, 0.1) is 0 Å². The van der Waals surface area contributed by atoms with E-state index in [0.717, 1.165) is 15.4 Å². The minimum absolute atomic E-state index is 0.122. The highest BCUT2D eigenvalue weighted by molar-refractivity contribution is 7.89. The van der Waals surface area contributed by atoms with Gasteiger partial charge < -0.3 is 5.32 Å². The molecule has 1 N–H and O–H groups in total. The second-order valence-electron chi connectivity index (χ2n) is 6.36. The van der Waals surface area contributed by atoms with Gasteiger partial charge in [0.25, 0.3) is 0 Å². The predicted octanol–water partition coefficient (Wildman–Crippen LogP) is 4.05. The highest BCUT2D eigenvalue weighted by Gasteiger charge is 2.18. The highest BCUT2D eigenvalue weighted by Crippen LogP contribution is 2.26. The van der Waals surface area contributed by atoms with Gasteiger partial charge >= 0.3 is 0 Å². The topological polar surface area (TPSA) is 66.5 Å². The molecular formula is C19H22Cl2N2O3S. The summed E-state index contributed by atoms with van der Waals surface area (Å²) in [6.45, 7) is 1.85. The lowest BCUT2D eigenvalue weighted by atomic mass is 10.1. The summed E-state index contributed by atoms with van der Waals surface area (Å²) in [6, 6.07) is 11.6. The molecule has 27 heavy (non-hydrogen) atoms. The first-order chi connectivity index (χ1) is 12.6. The van der Waals surface area contributed by atoms with Crippen LogP contribution in [-0.2, 0) is 21.2 Å². The molecule has 2 aromatic carbocycles. The number of sulfonamides is 1. The van der Waals surface area contributed by atoms with E-state index in [4.69, 9.17) is 23.2 Å². The number of benzene rings is 2. The molecule has 5 nitrogen and oxygen atoms in total. The van der Waals surface area contributed by atoms with Crippen molar-refractivity contribution in [3.05, 3.63) is 63.6 Å². The molecule has 0 spiro atoms. The molecular weight excluding hydrogens is 407 g/mol. The van der Waals surface area contributed by atoms with Crippen LogP contribution in [0.25, 0.3) is 0 Å². The number of hydrogen-bond donors (Lipinski definition) is 1. The first kappa shape index (κ1) is 21.7. The van der Waals surface area contributed by atoms with Crippen LogP contribution in [-0.4, -0.2) is 32.7 Å². The molecule has 2 rings (SSSR count). The Balaban J connectivity index is 1.97. The second-order valence-corrected chi connectivity index (χ2v) is 9.30. The number of nitrogens with one attached hydrogen (secondary N) is 1. The van der Waals surface area contributed by atoms with Crippen LogP contribution < -0.4 is 5.32 Å². The van der Waals surface area contributed by atoms with Crippen LogP contribution in [0.15, 0.2) is 47.4 Å². The summed E-state index contributed by atoms with van der Waals surface area (Å²) in [5.74, 6) is -0.122. The molecule has 1 atom stereocenters. The van der Waals surface area contributed by atoms with Gasteiger partial charge in [0.1, 0.15) is 0 Å². The van der Waals surface area contributed by atoms with Gasteiger partial charge in [-0.2, -0.15) is 0 Å². The molecule has 146 valence electrons. The number of halogens is 2. The Morgan fingerprint density at radius 3 is 2.33 bits per heavy atom. The molecule has 0 saturated carbocycles. The molecule has 0 aromatic heterocycles. The fourth-order valence-corrected chi connectivity index (χ4v) is 3.84. The van der Waals surface area contributed by atoms with E-state index in [1.165, 1.54) is 14.1 Å². The first-order valence-corrected chi connectivity index (χ1v) is 10.6. The lowest BCUT2D eigenvalue weighted by Gasteiger charge is -2.16. The molecule has 0 aliphatic rings. The number of hydrogen-bond acceptors (Lipinski definition) is 3. The third-order valence-corrected chi connectivity index (χ3v) is 6.88. The lowest BCUT2D eigenvalue weighted by Crippen LogP contribution is -2.27. The zero-order chi connectivity index (χ0) is 20.2. The van der Waals surface area contributed by atoms with Gasteiger partial charge in [-0.05, 0) is 42.7 Å². The molecule has 0 fully saturated rings. The van der Waals surface area contributed by atoms with Crippen molar-refractivity contribution in [2.45, 2.75) is 30.7 Å². The quantitative estimate of drug-likeness (QED) is 0.722. The Morgan fingerprint density at radius 2 is 1.74 bits per heavy atom. The maximum absolute atomic E-state index is 12.2. The number of rotatable bonds is 7. The predicted molar refractivity (Wildman–Crippen MR) is 109 cm³/mol. The van der Waals surface area contributed by atoms with Gasteiger partial charge in [0.15, 0.2) is 0 Å². The Morgan fingerprint density at radius 1 is 1.11 bits per heavy atom. The standard InChI is InChI=1S/C19H22Cl2N2O3S/c1-13(14-7-10-16(11-8-14)27(25,26)23(2)3)22-18(24)12-9-15-5-4-6-17(20)19(15)21/h4-8,10-11,13H,9,12H2,1-3H3,(H,22,24). The summed E-state index contributed by atoms with van der Waals surface area (Å²) in [6.07, 6.45) is 0.759. The van der Waals surface area contributed by atoms with Crippen molar-refractivity contribution in [3.8, 4) is 0 Å². The molecule has 0 aliphatic carbocycles. The smallest absolute Gasteiger partial charge is 0.242 e. The third kappa shape index (κ3) is 5.45. The maximum Gasteiger partial charge on any atom is 0.242 e. The summed E-state index contributed by atoms with van der Waals surface area (Å²) in [7, 11) is -0.498. The number of carbonyl (C=O) groups is 1. The molecule has 1 amide bonds. The summed E-state index contributed by atoms with van der Waals surface area (Å²) >= 11 is 12.1. The van der Waals surface area contributed by atoms with Gasteiger partial charge in [-0.1, -0.05) is 47.5 Å². The van der Waals surface area contributed by atoms with E-state index in [1.807, 2.05) is 13.0 Å². The van der Waals surface area contributed by atoms with Crippen LogP contribution in [0.1, 0.15) is 30.5 Å². The molecule has 8 heteroatoms. The Bertz CT molecular complexity index is 913. The fourth-order valence-electron chi connectivity index (χ4n) is 2.53. The van der Waals surface area contributed by atoms with Gasteiger partial charge in [0, 0.05) is 20.5 Å². The Hall–Kier alpha value is -1.60. The van der Waals surface area contributed by atoms with Gasteiger partial charge in [0.2, 0.25) is 15.9 Å². The van der Waals surface area contributed by atoms with Crippen LogP contribution in [0.5, 0.6) is 0 Å². The van der Waals surface area contributed by atoms with Gasteiger partial charge in [0.05, 0.1) is 21.0 Å². The Kier molecular flexibility index (Phi) is 7.28. The second kappa shape index (κ2) is 9.06. The van der Waals surface area contributed by atoms with E-state index in [9.17, 15) is 13.2 Å². The van der Waals surface area contributed by atoms with E-state index in [0.29, 0.717) is 16.5 Å². The number of amides is 1. The zero-order valence-electron chi connectivity index (χ0n) is 15.4. The first-order valence-electron chi connectivity index (χ1n) is 8.37. The van der Waals surface area contributed by atoms with Crippen molar-refractivity contribution in [2.75, 3.05) is 14.1 Å². The van der Waals surface area contributed by atoms with Crippen molar-refractivity contribution in [1.29, 1.82) is 0 Å². The van der Waals surface area contributed by atoms with E-state index in [1.54, 1.807) is 36.4 Å². The van der Waals surface area contributed by atoms with Crippen molar-refractivity contribution in [2.24, 2.45) is 0 Å². The van der Waals surface area contributed by atoms with Crippen LogP contribution in [0.2, 0.25) is 10.0 Å². The minimum Gasteiger partial charge on any atom is -0.350 e. The van der Waals surface area contributed by atoms with Crippen molar-refractivity contribution in [3.63, 3.8) is 0 Å². The SMILES string of the molecule is CC(NC(=O)CCc1cccc(Cl)c1Cl)c1ccc(S(=O)(=O)N(C)C)cc1. The van der Waals surface area contributed by atoms with Gasteiger partial charge in [-0.15, -0.1) is 0 Å². The van der Waals surface area contributed by atoms with E-state index >= 15 is 0 Å². The summed E-state index contributed by atoms with van der Waals surface area (Å²) < 4.78 is 25.4. The lowest BCUT2D eigenvalue weighted by molar-refractivity contribution is -0.121. The molecule has 1 unspecified atom stereocenters. The zero-order valence-corrected chi connectivity index (χ0v) is 17.7. The average molecular weight is 429 g/mol. The molecule has 0 saturated heterocycles. The van der Waals surface area contributed by atoms with Crippen LogP contribution >= 0.6 is 23.2 Å². The van der Waals surface area contributed by atoms with Crippen molar-refractivity contribution in [1.82, 2.24) is 9.62 Å². The van der Waals surface area contributed by atoms with Crippen molar-refractivity contribution < 1.29 is 13.2 Å². The Labute approximate surface area is 170 Å². The van der Waals surface area contributed by atoms with E-state index < -0.39 is 10.0 Å². The molecule has 0 radical (unpaired) electrons. The highest BCUT2D eigenvalue weighted by atomic mass is 35.5. The minimum atomic E-state index is -3.47. The average Bonchev–Trinajstić information content (AvgIpc) is 2.62. The largest absolute Gasteiger partial charge is 0.350 e. The van der Waals surface area contributed by atoms with Crippen LogP contribution in [0.4, 0.5) is 0 Å². The summed E-state index contributed by atoms with van der Waals surface area (Å²) in [5.41, 5.74) is 1.65. The van der Waals surface area contributed by atoms with Crippen molar-refractivity contribution >= 4 is 39.1 Å². The van der Waals surface area contributed by atoms with Crippen LogP contribution in [0.3, 0.4) is 0 Å². The van der Waals surface area contributed by atoms with E-state index in [-0.39, 0.29) is 23.3 Å². The number of carbonyl (C=O) groups excluding carboxylic acids is 1. The maximum atomic E-state index is 12.2. The summed E-state index contributed by atoms with van der Waals surface area (Å²) in [5, 5.41) is 3.84. The molecule has 0 bridgehead atoms. The summed E-state index contributed by atoms with van der Waals surface area (Å²) in [4.78, 5) is 12.4. The number of aryl methyl sites for hydroxylation is 1. The molecule has 2 aromatic rings. The van der Waals surface area contributed by atoms with Gasteiger partial charge in [-0.25, -0.2) is 12.7 Å². The third-order valence-electron chi connectivity index (χ3n) is 4.19. The van der Waals surface area contributed by atoms with E-state index in [2.05, 4.69) is 5.32 Å². The van der Waals surface area contributed by atoms with Gasteiger partial charge in [-0.3, -0.25) is 4.79 Å². The fraction of sp³-hybridized carbons (Fsp3) is 0.316. The molecule has 0 heterocycles. The monoisotopic (exact) mass is 428 g/mol. The number of nitrogens with zero attached hydrogens (tertiary/aromatic N) is 1. The molecule has 0 aliphatic heterocycles. The normalized spacial score (nSPS) is 12.8.